The number of amides is 3. The first kappa shape index (κ1) is 12.5. The summed E-state index contributed by atoms with van der Waals surface area (Å²) in [5.41, 5.74) is 0. The summed E-state index contributed by atoms with van der Waals surface area (Å²) in [7, 11) is 0. The van der Waals surface area contributed by atoms with Crippen LogP contribution in [-0.2, 0) is 14.3 Å². The van der Waals surface area contributed by atoms with Gasteiger partial charge in [0, 0.05) is 13.0 Å². The fourth-order valence-corrected chi connectivity index (χ4v) is 1.62. The molecular formula is C10H16N2O4. The highest BCUT2D eigenvalue weighted by Gasteiger charge is 2.18. The minimum absolute atomic E-state index is 0.154. The second-order valence-corrected chi connectivity index (χ2v) is 3.78. The van der Waals surface area contributed by atoms with Crippen molar-refractivity contribution < 1.29 is 19.1 Å². The number of carbonyl (C=O) groups is 3. The number of esters is 1. The van der Waals surface area contributed by atoms with Crippen LogP contribution in [0.15, 0.2) is 0 Å². The molecule has 0 aliphatic heterocycles. The van der Waals surface area contributed by atoms with Crippen LogP contribution in [0, 0.1) is 0 Å². The van der Waals surface area contributed by atoms with E-state index >= 15 is 0 Å². The molecule has 0 unspecified atom stereocenters. The molecule has 1 aliphatic carbocycles. The lowest BCUT2D eigenvalue weighted by atomic mass is 10.2. The molecule has 0 aromatic carbocycles. The Kier molecular flexibility index (Phi) is 4.75. The summed E-state index contributed by atoms with van der Waals surface area (Å²) < 4.78 is 4.44. The fourth-order valence-electron chi connectivity index (χ4n) is 1.62. The van der Waals surface area contributed by atoms with Crippen LogP contribution in [0.4, 0.5) is 4.79 Å². The number of rotatable bonds is 3. The molecule has 1 rings (SSSR count). The van der Waals surface area contributed by atoms with Gasteiger partial charge in [-0.1, -0.05) is 12.8 Å². The Balaban J connectivity index is 2.17. The third-order valence-electron chi connectivity index (χ3n) is 2.35. The summed E-state index contributed by atoms with van der Waals surface area (Å²) in [6.45, 7) is 0.777. The molecule has 1 fully saturated rings. The van der Waals surface area contributed by atoms with E-state index in [1.165, 1.54) is 6.92 Å². The molecule has 2 N–H and O–H groups in total. The first-order valence-electron chi connectivity index (χ1n) is 5.31. The van der Waals surface area contributed by atoms with Crippen molar-refractivity contribution in [1.29, 1.82) is 0 Å². The molecule has 16 heavy (non-hydrogen) atoms. The summed E-state index contributed by atoms with van der Waals surface area (Å²) in [5.74, 6) is -1.17. The van der Waals surface area contributed by atoms with Gasteiger partial charge in [-0.25, -0.2) is 4.79 Å². The summed E-state index contributed by atoms with van der Waals surface area (Å²) in [5, 5.41) is 4.78. The van der Waals surface area contributed by atoms with E-state index in [0.29, 0.717) is 0 Å². The van der Waals surface area contributed by atoms with Crippen molar-refractivity contribution in [1.82, 2.24) is 10.6 Å². The molecule has 0 bridgehead atoms. The second-order valence-electron chi connectivity index (χ2n) is 3.78. The van der Waals surface area contributed by atoms with Crippen molar-refractivity contribution >= 4 is 17.9 Å². The molecule has 1 saturated carbocycles. The summed E-state index contributed by atoms with van der Waals surface area (Å²) in [6.07, 6.45) is 4.11. The van der Waals surface area contributed by atoms with Crippen molar-refractivity contribution in [2.24, 2.45) is 0 Å². The van der Waals surface area contributed by atoms with Crippen molar-refractivity contribution in [2.75, 3.05) is 6.61 Å². The number of imide groups is 1. The number of urea groups is 1. The Morgan fingerprint density at radius 1 is 1.25 bits per heavy atom. The molecule has 0 spiro atoms. The van der Waals surface area contributed by atoms with E-state index in [1.807, 2.05) is 0 Å². The SMILES string of the molecule is CC(=O)OCC(=O)NC(=O)NC1CCCC1. The van der Waals surface area contributed by atoms with Crippen molar-refractivity contribution in [3.63, 3.8) is 0 Å². The first-order valence-corrected chi connectivity index (χ1v) is 5.31. The molecule has 0 aromatic rings. The number of nitrogens with one attached hydrogen (secondary N) is 2. The van der Waals surface area contributed by atoms with Crippen molar-refractivity contribution in [3.05, 3.63) is 0 Å². The lowest BCUT2D eigenvalue weighted by molar-refractivity contribution is -0.146. The smallest absolute Gasteiger partial charge is 0.321 e. The van der Waals surface area contributed by atoms with Crippen molar-refractivity contribution in [3.8, 4) is 0 Å². The highest BCUT2D eigenvalue weighted by Crippen LogP contribution is 2.17. The van der Waals surface area contributed by atoms with Crippen LogP contribution >= 0.6 is 0 Å². The quantitative estimate of drug-likeness (QED) is 0.681. The maximum absolute atomic E-state index is 11.3. The number of hydrogen-bond acceptors (Lipinski definition) is 4. The highest BCUT2D eigenvalue weighted by molar-refractivity contribution is 5.95. The number of hydrogen-bond donors (Lipinski definition) is 2. The largest absolute Gasteiger partial charge is 0.456 e. The van der Waals surface area contributed by atoms with Crippen LogP contribution in [-0.4, -0.2) is 30.6 Å². The van der Waals surface area contributed by atoms with Crippen LogP contribution in [0.1, 0.15) is 32.6 Å². The molecule has 0 heterocycles. The maximum atomic E-state index is 11.3. The third kappa shape index (κ3) is 4.77. The molecule has 90 valence electrons. The zero-order valence-electron chi connectivity index (χ0n) is 9.25. The first-order chi connectivity index (χ1) is 7.58. The van der Waals surface area contributed by atoms with Gasteiger partial charge in [0.15, 0.2) is 6.61 Å². The van der Waals surface area contributed by atoms with Gasteiger partial charge in [-0.3, -0.25) is 14.9 Å². The molecule has 0 saturated heterocycles. The lowest BCUT2D eigenvalue weighted by Gasteiger charge is -2.11. The maximum Gasteiger partial charge on any atom is 0.321 e. The average Bonchev–Trinajstić information content (AvgIpc) is 2.67. The zero-order valence-corrected chi connectivity index (χ0v) is 9.25. The van der Waals surface area contributed by atoms with Crippen molar-refractivity contribution in [2.45, 2.75) is 38.6 Å². The van der Waals surface area contributed by atoms with Gasteiger partial charge in [-0.2, -0.15) is 0 Å². The van der Waals surface area contributed by atoms with Gasteiger partial charge < -0.3 is 10.1 Å². The van der Waals surface area contributed by atoms with E-state index in [0.717, 1.165) is 25.7 Å². The van der Waals surface area contributed by atoms with E-state index in [4.69, 9.17) is 0 Å². The van der Waals surface area contributed by atoms with Crippen LogP contribution in [0.25, 0.3) is 0 Å². The standard InChI is InChI=1S/C10H16N2O4/c1-7(13)16-6-9(14)12-10(15)11-8-4-2-3-5-8/h8H,2-6H2,1H3,(H2,11,12,14,15). The van der Waals surface area contributed by atoms with Crippen LogP contribution in [0.2, 0.25) is 0 Å². The van der Waals surface area contributed by atoms with Gasteiger partial charge >= 0.3 is 12.0 Å². The van der Waals surface area contributed by atoms with E-state index in [2.05, 4.69) is 15.4 Å². The van der Waals surface area contributed by atoms with Gasteiger partial charge in [0.05, 0.1) is 0 Å². The Morgan fingerprint density at radius 2 is 1.88 bits per heavy atom. The van der Waals surface area contributed by atoms with E-state index in [9.17, 15) is 14.4 Å². The topological polar surface area (TPSA) is 84.5 Å². The molecule has 6 nitrogen and oxygen atoms in total. The third-order valence-corrected chi connectivity index (χ3v) is 2.35. The normalized spacial score (nSPS) is 15.6. The Bertz CT molecular complexity index is 285. The minimum Gasteiger partial charge on any atom is -0.456 e. The monoisotopic (exact) mass is 228 g/mol. The molecular weight excluding hydrogens is 212 g/mol. The number of carbonyl (C=O) groups excluding carboxylic acids is 3. The highest BCUT2D eigenvalue weighted by atomic mass is 16.5. The predicted octanol–water partition coefficient (Wildman–Crippen LogP) is 0.318. The van der Waals surface area contributed by atoms with Gasteiger partial charge in [-0.15, -0.1) is 0 Å². The zero-order chi connectivity index (χ0) is 12.0. The van der Waals surface area contributed by atoms with Crippen LogP contribution < -0.4 is 10.6 Å². The molecule has 1 aliphatic rings. The second kappa shape index (κ2) is 6.09. The lowest BCUT2D eigenvalue weighted by Crippen LogP contribution is -2.44. The Morgan fingerprint density at radius 3 is 2.44 bits per heavy atom. The van der Waals surface area contributed by atoms with E-state index in [-0.39, 0.29) is 6.04 Å². The Hall–Kier alpha value is -1.59. The fraction of sp³-hybridized carbons (Fsp3) is 0.700. The average molecular weight is 228 g/mol. The molecule has 0 radical (unpaired) electrons. The Labute approximate surface area is 93.7 Å². The molecule has 0 atom stereocenters. The molecule has 6 heteroatoms. The number of ether oxygens (including phenoxy) is 1. The predicted molar refractivity (Wildman–Crippen MR) is 55.6 cm³/mol. The summed E-state index contributed by atoms with van der Waals surface area (Å²) >= 11 is 0. The van der Waals surface area contributed by atoms with Gasteiger partial charge in [0.1, 0.15) is 0 Å². The van der Waals surface area contributed by atoms with Crippen LogP contribution in [0.5, 0.6) is 0 Å². The minimum atomic E-state index is -0.620. The van der Waals surface area contributed by atoms with Crippen LogP contribution in [0.3, 0.4) is 0 Å². The van der Waals surface area contributed by atoms with Gasteiger partial charge in [-0.05, 0) is 12.8 Å². The molecule has 3 amide bonds. The van der Waals surface area contributed by atoms with E-state index in [1.54, 1.807) is 0 Å². The van der Waals surface area contributed by atoms with Gasteiger partial charge in [0.2, 0.25) is 0 Å². The van der Waals surface area contributed by atoms with E-state index < -0.39 is 24.5 Å². The summed E-state index contributed by atoms with van der Waals surface area (Å²) in [6, 6.07) is -0.370. The summed E-state index contributed by atoms with van der Waals surface area (Å²) in [4.78, 5) is 32.8. The van der Waals surface area contributed by atoms with Gasteiger partial charge in [0.25, 0.3) is 5.91 Å². The molecule has 0 aromatic heterocycles.